The van der Waals surface area contributed by atoms with E-state index < -0.39 is 0 Å². The maximum absolute atomic E-state index is 12.3. The van der Waals surface area contributed by atoms with Gasteiger partial charge >= 0.3 is 0 Å². The number of carbonyl (C=O) groups excluding carboxylic acids is 1. The van der Waals surface area contributed by atoms with Gasteiger partial charge in [-0.2, -0.15) is 0 Å². The van der Waals surface area contributed by atoms with Crippen LogP contribution < -0.4 is 10.6 Å². The molecule has 0 spiro atoms. The lowest BCUT2D eigenvalue weighted by molar-refractivity contribution is -0.123. The van der Waals surface area contributed by atoms with Gasteiger partial charge in [-0.05, 0) is 69.7 Å². The van der Waals surface area contributed by atoms with Gasteiger partial charge in [0.1, 0.15) is 0 Å². The maximum Gasteiger partial charge on any atom is 0.220 e. The Morgan fingerprint density at radius 3 is 2.39 bits per heavy atom. The van der Waals surface area contributed by atoms with Crippen molar-refractivity contribution in [3.63, 3.8) is 0 Å². The van der Waals surface area contributed by atoms with E-state index in [9.17, 15) is 4.79 Å². The molecule has 0 saturated carbocycles. The number of hydrogen-bond acceptors (Lipinski definition) is 2. The highest BCUT2D eigenvalue weighted by Gasteiger charge is 2.23. The van der Waals surface area contributed by atoms with Crippen LogP contribution in [0.3, 0.4) is 0 Å². The van der Waals surface area contributed by atoms with Crippen molar-refractivity contribution in [3.05, 3.63) is 35.4 Å². The number of rotatable bonds is 6. The second-order valence-electron chi connectivity index (χ2n) is 6.96. The molecule has 2 N–H and O–H groups in total. The highest BCUT2D eigenvalue weighted by atomic mass is 35.5. The Kier molecular flexibility index (Phi) is 8.07. The van der Waals surface area contributed by atoms with Crippen LogP contribution in [0.5, 0.6) is 0 Å². The predicted octanol–water partition coefficient (Wildman–Crippen LogP) is 3.80. The number of halogens is 1. The van der Waals surface area contributed by atoms with Crippen LogP contribution in [-0.2, 0) is 16.8 Å². The molecular weight excluding hydrogens is 308 g/mol. The van der Waals surface area contributed by atoms with Crippen LogP contribution in [0.4, 0.5) is 0 Å². The van der Waals surface area contributed by atoms with Gasteiger partial charge in [-0.25, -0.2) is 0 Å². The highest BCUT2D eigenvalue weighted by Crippen LogP contribution is 2.22. The normalized spacial score (nSPS) is 15.8. The van der Waals surface area contributed by atoms with E-state index in [-0.39, 0.29) is 23.9 Å². The van der Waals surface area contributed by atoms with Crippen molar-refractivity contribution in [1.82, 2.24) is 10.6 Å². The van der Waals surface area contributed by atoms with Crippen molar-refractivity contribution in [3.8, 4) is 0 Å². The summed E-state index contributed by atoms with van der Waals surface area (Å²) in [6.07, 6.45) is 5.10. The Morgan fingerprint density at radius 2 is 1.83 bits per heavy atom. The Bertz CT molecular complexity index is 479. The first-order valence-corrected chi connectivity index (χ1v) is 8.62. The SMILES string of the molecule is CCc1ccc(C(C)(C)NC(=O)CCC2CCNCC2)cc1.Cl. The largest absolute Gasteiger partial charge is 0.347 e. The first kappa shape index (κ1) is 20.0. The second-order valence-corrected chi connectivity index (χ2v) is 6.96. The molecule has 0 aliphatic carbocycles. The van der Waals surface area contributed by atoms with Gasteiger partial charge in [0, 0.05) is 6.42 Å². The third kappa shape index (κ3) is 6.15. The quantitative estimate of drug-likeness (QED) is 0.828. The summed E-state index contributed by atoms with van der Waals surface area (Å²) in [5.41, 5.74) is 2.19. The molecule has 2 rings (SSSR count). The van der Waals surface area contributed by atoms with E-state index in [1.165, 1.54) is 24.0 Å². The zero-order chi connectivity index (χ0) is 16.0. The molecule has 1 heterocycles. The van der Waals surface area contributed by atoms with E-state index >= 15 is 0 Å². The van der Waals surface area contributed by atoms with Crippen molar-refractivity contribution in [1.29, 1.82) is 0 Å². The summed E-state index contributed by atoms with van der Waals surface area (Å²) in [7, 11) is 0. The van der Waals surface area contributed by atoms with Gasteiger partial charge in [-0.3, -0.25) is 4.79 Å². The Hall–Kier alpha value is -1.06. The van der Waals surface area contributed by atoms with E-state index in [1.807, 2.05) is 0 Å². The molecule has 0 radical (unpaired) electrons. The van der Waals surface area contributed by atoms with Gasteiger partial charge < -0.3 is 10.6 Å². The molecule has 130 valence electrons. The zero-order valence-corrected chi connectivity index (χ0v) is 15.5. The lowest BCUT2D eigenvalue weighted by atomic mass is 9.91. The van der Waals surface area contributed by atoms with Crippen LogP contribution in [-0.4, -0.2) is 19.0 Å². The van der Waals surface area contributed by atoms with Crippen molar-refractivity contribution in [2.24, 2.45) is 5.92 Å². The fourth-order valence-electron chi connectivity index (χ4n) is 3.15. The zero-order valence-electron chi connectivity index (χ0n) is 14.7. The maximum atomic E-state index is 12.3. The molecule has 3 nitrogen and oxygen atoms in total. The van der Waals surface area contributed by atoms with Gasteiger partial charge in [0.15, 0.2) is 0 Å². The Morgan fingerprint density at radius 1 is 1.22 bits per heavy atom. The van der Waals surface area contributed by atoms with Crippen LogP contribution in [0.1, 0.15) is 57.6 Å². The molecule has 1 aromatic carbocycles. The van der Waals surface area contributed by atoms with Gasteiger partial charge in [0.25, 0.3) is 0 Å². The minimum Gasteiger partial charge on any atom is -0.347 e. The topological polar surface area (TPSA) is 41.1 Å². The molecule has 0 bridgehead atoms. The summed E-state index contributed by atoms with van der Waals surface area (Å²) in [6.45, 7) is 8.51. The molecule has 1 aromatic rings. The molecule has 1 fully saturated rings. The Labute approximate surface area is 147 Å². The van der Waals surface area contributed by atoms with E-state index in [1.54, 1.807) is 0 Å². The molecule has 0 unspecified atom stereocenters. The molecule has 4 heteroatoms. The summed E-state index contributed by atoms with van der Waals surface area (Å²) in [6, 6.07) is 8.56. The molecule has 1 aliphatic rings. The summed E-state index contributed by atoms with van der Waals surface area (Å²) in [5.74, 6) is 0.877. The van der Waals surface area contributed by atoms with E-state index in [0.29, 0.717) is 12.3 Å². The average Bonchev–Trinajstić information content (AvgIpc) is 2.53. The van der Waals surface area contributed by atoms with Crippen molar-refractivity contribution >= 4 is 18.3 Å². The molecular formula is C19H31ClN2O. The minimum atomic E-state index is -0.308. The van der Waals surface area contributed by atoms with Crippen LogP contribution in [0.15, 0.2) is 24.3 Å². The summed E-state index contributed by atoms with van der Waals surface area (Å²) >= 11 is 0. The van der Waals surface area contributed by atoms with Crippen LogP contribution in [0, 0.1) is 5.92 Å². The number of piperidine rings is 1. The van der Waals surface area contributed by atoms with Gasteiger partial charge in [-0.1, -0.05) is 31.2 Å². The number of carbonyl (C=O) groups is 1. The number of benzene rings is 1. The highest BCUT2D eigenvalue weighted by molar-refractivity contribution is 5.85. The van der Waals surface area contributed by atoms with E-state index in [0.717, 1.165) is 25.9 Å². The van der Waals surface area contributed by atoms with Crippen LogP contribution in [0.2, 0.25) is 0 Å². The molecule has 1 saturated heterocycles. The van der Waals surface area contributed by atoms with Crippen molar-refractivity contribution in [2.45, 2.75) is 58.4 Å². The third-order valence-electron chi connectivity index (χ3n) is 4.77. The molecule has 0 atom stereocenters. The van der Waals surface area contributed by atoms with Gasteiger partial charge in [0.2, 0.25) is 5.91 Å². The first-order valence-electron chi connectivity index (χ1n) is 8.62. The van der Waals surface area contributed by atoms with Crippen LogP contribution >= 0.6 is 12.4 Å². The summed E-state index contributed by atoms with van der Waals surface area (Å²) in [5, 5.41) is 6.57. The van der Waals surface area contributed by atoms with Gasteiger partial charge in [-0.15, -0.1) is 12.4 Å². The standard InChI is InChI=1S/C19H30N2O.ClH/c1-4-15-5-8-17(9-6-15)19(2,3)21-18(22)10-7-16-11-13-20-14-12-16;/h5-6,8-9,16,20H,4,7,10-14H2,1-3H3,(H,21,22);1H. The molecule has 1 amide bonds. The fraction of sp³-hybridized carbons (Fsp3) is 0.632. The number of hydrogen-bond donors (Lipinski definition) is 2. The smallest absolute Gasteiger partial charge is 0.220 e. The van der Waals surface area contributed by atoms with Crippen molar-refractivity contribution in [2.75, 3.05) is 13.1 Å². The lowest BCUT2D eigenvalue weighted by Gasteiger charge is -2.28. The van der Waals surface area contributed by atoms with Gasteiger partial charge in [0.05, 0.1) is 5.54 Å². The second kappa shape index (κ2) is 9.29. The summed E-state index contributed by atoms with van der Waals surface area (Å²) in [4.78, 5) is 12.3. The van der Waals surface area contributed by atoms with E-state index in [4.69, 9.17) is 0 Å². The van der Waals surface area contributed by atoms with E-state index in [2.05, 4.69) is 55.7 Å². The molecule has 0 aromatic heterocycles. The average molecular weight is 339 g/mol. The number of aryl methyl sites for hydroxylation is 1. The fourth-order valence-corrected chi connectivity index (χ4v) is 3.15. The Balaban J connectivity index is 0.00000264. The number of nitrogens with one attached hydrogen (secondary N) is 2. The van der Waals surface area contributed by atoms with Crippen molar-refractivity contribution < 1.29 is 4.79 Å². The first-order chi connectivity index (χ1) is 10.5. The predicted molar refractivity (Wildman–Crippen MR) is 99.1 cm³/mol. The third-order valence-corrected chi connectivity index (χ3v) is 4.77. The monoisotopic (exact) mass is 338 g/mol. The molecule has 1 aliphatic heterocycles. The molecule has 23 heavy (non-hydrogen) atoms. The summed E-state index contributed by atoms with van der Waals surface area (Å²) < 4.78 is 0. The number of amides is 1. The van der Waals surface area contributed by atoms with Crippen LogP contribution in [0.25, 0.3) is 0 Å². The lowest BCUT2D eigenvalue weighted by Crippen LogP contribution is -2.41. The minimum absolute atomic E-state index is 0.